The molecule has 0 fully saturated rings. The highest BCUT2D eigenvalue weighted by Crippen LogP contribution is 2.21. The number of aldehydes is 1. The zero-order valence-electron chi connectivity index (χ0n) is 8.41. The van der Waals surface area contributed by atoms with Gasteiger partial charge in [-0.3, -0.25) is 4.79 Å². The number of carbonyl (C=O) groups excluding carboxylic acids is 1. The molecule has 78 valence electrons. The first-order chi connectivity index (χ1) is 6.69. The minimum absolute atomic E-state index is 0.565. The largest absolute Gasteiger partial charge is 0.496 e. The first-order valence-electron chi connectivity index (χ1n) is 3.88. The highest BCUT2D eigenvalue weighted by atomic mass is 79.9. The van der Waals surface area contributed by atoms with E-state index in [1.165, 1.54) is 7.11 Å². The molecule has 14 heavy (non-hydrogen) atoms. The van der Waals surface area contributed by atoms with Crippen LogP contribution in [-0.4, -0.2) is 27.6 Å². The summed E-state index contributed by atoms with van der Waals surface area (Å²) in [5.74, 6) is 0.592. The van der Waals surface area contributed by atoms with E-state index < -0.39 is 0 Å². The van der Waals surface area contributed by atoms with Crippen LogP contribution in [0.15, 0.2) is 22.7 Å². The molecule has 0 aromatic heterocycles. The van der Waals surface area contributed by atoms with Crippen molar-refractivity contribution in [2.24, 2.45) is 0 Å². The van der Waals surface area contributed by atoms with Gasteiger partial charge in [0, 0.05) is 18.7 Å². The number of rotatable bonds is 2. The van der Waals surface area contributed by atoms with Gasteiger partial charge in [-0.15, -0.1) is 0 Å². The van der Waals surface area contributed by atoms with Crippen molar-refractivity contribution in [1.82, 2.24) is 0 Å². The van der Waals surface area contributed by atoms with Crippen LogP contribution in [0.2, 0.25) is 0 Å². The van der Waals surface area contributed by atoms with E-state index in [9.17, 15) is 4.79 Å². The van der Waals surface area contributed by atoms with Crippen LogP contribution in [0.5, 0.6) is 5.75 Å². The standard InChI is InChI=1S/C8H7BrO2.C2H6O/c1-11-8-4-7(9)3-2-6(8)5-10;1-3-2/h2-5H,1H3;1-2H3. The predicted molar refractivity (Wildman–Crippen MR) is 59.0 cm³/mol. The number of benzene rings is 1. The van der Waals surface area contributed by atoms with Gasteiger partial charge in [0.15, 0.2) is 6.29 Å². The van der Waals surface area contributed by atoms with Gasteiger partial charge in [0.2, 0.25) is 0 Å². The van der Waals surface area contributed by atoms with Crippen LogP contribution in [0.4, 0.5) is 0 Å². The van der Waals surface area contributed by atoms with E-state index in [1.807, 2.05) is 0 Å². The van der Waals surface area contributed by atoms with E-state index >= 15 is 0 Å². The molecule has 0 aliphatic carbocycles. The summed E-state index contributed by atoms with van der Waals surface area (Å²) in [5.41, 5.74) is 0.565. The summed E-state index contributed by atoms with van der Waals surface area (Å²) >= 11 is 3.27. The molecule has 1 aromatic rings. The quantitative estimate of drug-likeness (QED) is 0.767. The van der Waals surface area contributed by atoms with E-state index in [0.717, 1.165) is 10.8 Å². The Balaban J connectivity index is 0.000000500. The average molecular weight is 261 g/mol. The molecule has 0 aliphatic rings. The molecule has 0 atom stereocenters. The molecule has 0 unspecified atom stereocenters. The molecule has 0 bridgehead atoms. The maximum absolute atomic E-state index is 10.4. The van der Waals surface area contributed by atoms with Crippen LogP contribution in [0, 0.1) is 0 Å². The van der Waals surface area contributed by atoms with Gasteiger partial charge in [0.25, 0.3) is 0 Å². The molecule has 1 aromatic carbocycles. The summed E-state index contributed by atoms with van der Waals surface area (Å²) in [4.78, 5) is 10.4. The third kappa shape index (κ3) is 4.39. The van der Waals surface area contributed by atoms with Gasteiger partial charge in [-0.25, -0.2) is 0 Å². The van der Waals surface area contributed by atoms with E-state index in [0.29, 0.717) is 11.3 Å². The maximum atomic E-state index is 10.4. The molecule has 0 aliphatic heterocycles. The van der Waals surface area contributed by atoms with Crippen molar-refractivity contribution in [2.75, 3.05) is 21.3 Å². The molecular weight excluding hydrogens is 248 g/mol. The van der Waals surface area contributed by atoms with E-state index in [2.05, 4.69) is 20.7 Å². The molecule has 0 spiro atoms. The third-order valence-electron chi connectivity index (χ3n) is 1.32. The van der Waals surface area contributed by atoms with Crippen LogP contribution in [0.3, 0.4) is 0 Å². The van der Waals surface area contributed by atoms with Gasteiger partial charge >= 0.3 is 0 Å². The Kier molecular flexibility index (Phi) is 7.06. The molecule has 0 N–H and O–H groups in total. The Morgan fingerprint density at radius 1 is 1.29 bits per heavy atom. The van der Waals surface area contributed by atoms with Gasteiger partial charge in [0.1, 0.15) is 5.75 Å². The van der Waals surface area contributed by atoms with E-state index in [4.69, 9.17) is 4.74 Å². The predicted octanol–water partition coefficient (Wildman–Crippen LogP) is 2.53. The molecule has 1 rings (SSSR count). The van der Waals surface area contributed by atoms with Gasteiger partial charge in [0.05, 0.1) is 12.7 Å². The third-order valence-corrected chi connectivity index (χ3v) is 1.82. The topological polar surface area (TPSA) is 35.5 Å². The zero-order valence-corrected chi connectivity index (χ0v) is 10.00. The summed E-state index contributed by atoms with van der Waals surface area (Å²) in [7, 11) is 4.79. The number of hydrogen-bond acceptors (Lipinski definition) is 3. The van der Waals surface area contributed by atoms with Crippen molar-refractivity contribution in [3.05, 3.63) is 28.2 Å². The lowest BCUT2D eigenvalue weighted by atomic mass is 10.2. The van der Waals surface area contributed by atoms with Crippen LogP contribution in [0.1, 0.15) is 10.4 Å². The maximum Gasteiger partial charge on any atom is 0.153 e. The second-order valence-electron chi connectivity index (χ2n) is 2.41. The average Bonchev–Trinajstić information content (AvgIpc) is 2.19. The molecular formula is C10H13BrO3. The molecule has 3 nitrogen and oxygen atoms in total. The molecule has 0 radical (unpaired) electrons. The summed E-state index contributed by atoms with van der Waals surface area (Å²) in [6.07, 6.45) is 0.769. The number of methoxy groups -OCH3 is 2. The van der Waals surface area contributed by atoms with Gasteiger partial charge in [-0.2, -0.15) is 0 Å². The molecule has 4 heteroatoms. The van der Waals surface area contributed by atoms with Crippen LogP contribution < -0.4 is 4.74 Å². The number of halogens is 1. The van der Waals surface area contributed by atoms with Crippen LogP contribution in [-0.2, 0) is 4.74 Å². The van der Waals surface area contributed by atoms with Gasteiger partial charge in [-0.05, 0) is 18.2 Å². The summed E-state index contributed by atoms with van der Waals surface area (Å²) in [6, 6.07) is 5.26. The zero-order chi connectivity index (χ0) is 11.0. The summed E-state index contributed by atoms with van der Waals surface area (Å²) < 4.78 is 10.1. The van der Waals surface area contributed by atoms with Crippen molar-refractivity contribution < 1.29 is 14.3 Å². The Morgan fingerprint density at radius 3 is 2.29 bits per heavy atom. The smallest absolute Gasteiger partial charge is 0.153 e. The lowest BCUT2D eigenvalue weighted by molar-refractivity contribution is 0.112. The SMILES string of the molecule is COC.COc1cc(Br)ccc1C=O. The van der Waals surface area contributed by atoms with Crippen molar-refractivity contribution in [3.8, 4) is 5.75 Å². The van der Waals surface area contributed by atoms with Crippen molar-refractivity contribution >= 4 is 22.2 Å². The lowest BCUT2D eigenvalue weighted by Crippen LogP contribution is -1.89. The Morgan fingerprint density at radius 2 is 1.86 bits per heavy atom. The number of hydrogen-bond donors (Lipinski definition) is 0. The van der Waals surface area contributed by atoms with Crippen molar-refractivity contribution in [2.45, 2.75) is 0 Å². The van der Waals surface area contributed by atoms with Crippen molar-refractivity contribution in [3.63, 3.8) is 0 Å². The number of carbonyl (C=O) groups is 1. The van der Waals surface area contributed by atoms with Gasteiger partial charge < -0.3 is 9.47 Å². The molecule has 0 heterocycles. The molecule has 0 amide bonds. The second-order valence-corrected chi connectivity index (χ2v) is 3.33. The fraction of sp³-hybridized carbons (Fsp3) is 0.300. The molecule has 0 saturated heterocycles. The first kappa shape index (κ1) is 13.1. The highest BCUT2D eigenvalue weighted by Gasteiger charge is 2.00. The summed E-state index contributed by atoms with van der Waals surface area (Å²) in [6.45, 7) is 0. The Bertz CT molecular complexity index is 287. The van der Waals surface area contributed by atoms with E-state index in [-0.39, 0.29) is 0 Å². The first-order valence-corrected chi connectivity index (χ1v) is 4.67. The highest BCUT2D eigenvalue weighted by molar-refractivity contribution is 9.10. The van der Waals surface area contributed by atoms with E-state index in [1.54, 1.807) is 32.4 Å². The van der Waals surface area contributed by atoms with Gasteiger partial charge in [-0.1, -0.05) is 15.9 Å². The monoisotopic (exact) mass is 260 g/mol. The summed E-state index contributed by atoms with van der Waals surface area (Å²) in [5, 5.41) is 0. The normalized spacial score (nSPS) is 8.57. The Labute approximate surface area is 92.2 Å². The molecule has 0 saturated carbocycles. The fourth-order valence-electron chi connectivity index (χ4n) is 0.782. The second kappa shape index (κ2) is 7.53. The minimum atomic E-state index is 0.565. The minimum Gasteiger partial charge on any atom is -0.496 e. The lowest BCUT2D eigenvalue weighted by Gasteiger charge is -2.02. The number of ether oxygens (including phenoxy) is 2. The van der Waals surface area contributed by atoms with Crippen molar-refractivity contribution in [1.29, 1.82) is 0 Å². The Hall–Kier alpha value is -0.870. The fourth-order valence-corrected chi connectivity index (χ4v) is 1.12. The van der Waals surface area contributed by atoms with Crippen LogP contribution in [0.25, 0.3) is 0 Å². The van der Waals surface area contributed by atoms with Crippen LogP contribution >= 0.6 is 15.9 Å².